The smallest absolute Gasteiger partial charge is 0.213 e. The summed E-state index contributed by atoms with van der Waals surface area (Å²) in [5, 5.41) is 3.30. The average Bonchev–Trinajstić information content (AvgIpc) is 2.29. The van der Waals surface area contributed by atoms with E-state index in [1.165, 1.54) is 0 Å². The van der Waals surface area contributed by atoms with Crippen molar-refractivity contribution < 1.29 is 9.47 Å². The maximum Gasteiger partial charge on any atom is 0.213 e. The SMILES string of the molecule is CCOc1ccc(NCC(C)COC)cn1. The molecule has 0 radical (unpaired) electrons. The fraction of sp³-hybridized carbons (Fsp3) is 0.583. The largest absolute Gasteiger partial charge is 0.478 e. The number of nitrogens with zero attached hydrogens (tertiary/aromatic N) is 1. The van der Waals surface area contributed by atoms with Gasteiger partial charge in [0.1, 0.15) is 0 Å². The Balaban J connectivity index is 2.37. The molecule has 90 valence electrons. The molecule has 1 atom stereocenters. The van der Waals surface area contributed by atoms with Crippen LogP contribution in [0.4, 0.5) is 5.69 Å². The van der Waals surface area contributed by atoms with E-state index in [9.17, 15) is 0 Å². The number of hydrogen-bond acceptors (Lipinski definition) is 4. The van der Waals surface area contributed by atoms with Gasteiger partial charge in [0, 0.05) is 19.7 Å². The summed E-state index contributed by atoms with van der Waals surface area (Å²) in [5.41, 5.74) is 1.01. The first kappa shape index (κ1) is 12.8. The van der Waals surface area contributed by atoms with Crippen molar-refractivity contribution >= 4 is 5.69 Å². The van der Waals surface area contributed by atoms with Crippen molar-refractivity contribution in [3.8, 4) is 5.88 Å². The van der Waals surface area contributed by atoms with Crippen LogP contribution in [0.3, 0.4) is 0 Å². The van der Waals surface area contributed by atoms with Crippen LogP contribution in [0, 0.1) is 5.92 Å². The van der Waals surface area contributed by atoms with Crippen LogP contribution in [0.1, 0.15) is 13.8 Å². The third-order valence-corrected chi connectivity index (χ3v) is 2.13. The van der Waals surface area contributed by atoms with E-state index in [4.69, 9.17) is 9.47 Å². The topological polar surface area (TPSA) is 43.4 Å². The third kappa shape index (κ3) is 4.49. The van der Waals surface area contributed by atoms with Crippen molar-refractivity contribution in [3.63, 3.8) is 0 Å². The summed E-state index contributed by atoms with van der Waals surface area (Å²) in [6.07, 6.45) is 1.78. The van der Waals surface area contributed by atoms with Crippen LogP contribution in [-0.2, 0) is 4.74 Å². The van der Waals surface area contributed by atoms with Gasteiger partial charge in [-0.2, -0.15) is 0 Å². The van der Waals surface area contributed by atoms with Gasteiger partial charge in [-0.1, -0.05) is 6.92 Å². The highest BCUT2D eigenvalue weighted by Gasteiger charge is 2.01. The minimum absolute atomic E-state index is 0.483. The van der Waals surface area contributed by atoms with Crippen LogP contribution >= 0.6 is 0 Å². The summed E-state index contributed by atoms with van der Waals surface area (Å²) >= 11 is 0. The van der Waals surface area contributed by atoms with Gasteiger partial charge < -0.3 is 14.8 Å². The Morgan fingerprint density at radius 1 is 1.44 bits per heavy atom. The quantitative estimate of drug-likeness (QED) is 0.771. The maximum absolute atomic E-state index is 5.27. The van der Waals surface area contributed by atoms with Gasteiger partial charge in [-0.3, -0.25) is 0 Å². The predicted octanol–water partition coefficient (Wildman–Crippen LogP) is 2.17. The van der Waals surface area contributed by atoms with Crippen molar-refractivity contribution in [1.29, 1.82) is 0 Å². The zero-order valence-electron chi connectivity index (χ0n) is 10.2. The fourth-order valence-corrected chi connectivity index (χ4v) is 1.35. The van der Waals surface area contributed by atoms with Gasteiger partial charge in [-0.25, -0.2) is 4.98 Å². The Morgan fingerprint density at radius 2 is 2.25 bits per heavy atom. The predicted molar refractivity (Wildman–Crippen MR) is 64.9 cm³/mol. The molecule has 0 amide bonds. The van der Waals surface area contributed by atoms with Gasteiger partial charge in [0.05, 0.1) is 25.1 Å². The molecule has 1 N–H and O–H groups in total. The highest BCUT2D eigenvalue weighted by atomic mass is 16.5. The molecule has 0 bridgehead atoms. The molecule has 0 aliphatic rings. The van der Waals surface area contributed by atoms with Crippen molar-refractivity contribution in [3.05, 3.63) is 18.3 Å². The van der Waals surface area contributed by atoms with Crippen molar-refractivity contribution in [2.45, 2.75) is 13.8 Å². The summed E-state index contributed by atoms with van der Waals surface area (Å²) in [7, 11) is 1.72. The molecular weight excluding hydrogens is 204 g/mol. The van der Waals surface area contributed by atoms with Gasteiger partial charge in [0.25, 0.3) is 0 Å². The lowest BCUT2D eigenvalue weighted by molar-refractivity contribution is 0.164. The number of ether oxygens (including phenoxy) is 2. The lowest BCUT2D eigenvalue weighted by Crippen LogP contribution is -2.15. The third-order valence-electron chi connectivity index (χ3n) is 2.13. The molecule has 1 rings (SSSR count). The standard InChI is InChI=1S/C12H20N2O2/c1-4-16-12-6-5-11(8-14-12)13-7-10(2)9-15-3/h5-6,8,10,13H,4,7,9H2,1-3H3. The number of methoxy groups -OCH3 is 1. The van der Waals surface area contributed by atoms with E-state index >= 15 is 0 Å². The molecule has 4 heteroatoms. The molecule has 1 aromatic heterocycles. The summed E-state index contributed by atoms with van der Waals surface area (Å²) in [6, 6.07) is 3.84. The van der Waals surface area contributed by atoms with Crippen LogP contribution in [0.2, 0.25) is 0 Å². The molecule has 1 unspecified atom stereocenters. The summed E-state index contributed by atoms with van der Waals surface area (Å²) in [4.78, 5) is 4.18. The second kappa shape index (κ2) is 7.06. The Morgan fingerprint density at radius 3 is 2.81 bits per heavy atom. The van der Waals surface area contributed by atoms with E-state index < -0.39 is 0 Å². The average molecular weight is 224 g/mol. The molecule has 0 spiro atoms. The monoisotopic (exact) mass is 224 g/mol. The normalized spacial score (nSPS) is 12.2. The fourth-order valence-electron chi connectivity index (χ4n) is 1.35. The van der Waals surface area contributed by atoms with E-state index in [2.05, 4.69) is 17.2 Å². The number of rotatable bonds is 7. The van der Waals surface area contributed by atoms with Gasteiger partial charge >= 0.3 is 0 Å². The van der Waals surface area contributed by atoms with E-state index in [0.717, 1.165) is 18.8 Å². The van der Waals surface area contributed by atoms with Crippen LogP contribution in [0.25, 0.3) is 0 Å². The first-order valence-electron chi connectivity index (χ1n) is 5.58. The van der Waals surface area contributed by atoms with Crippen LogP contribution in [0.15, 0.2) is 18.3 Å². The molecule has 0 fully saturated rings. The summed E-state index contributed by atoms with van der Waals surface area (Å²) in [5.74, 6) is 1.15. The number of pyridine rings is 1. The molecule has 0 saturated carbocycles. The Labute approximate surface area is 97.0 Å². The summed E-state index contributed by atoms with van der Waals surface area (Å²) in [6.45, 7) is 6.37. The highest BCUT2D eigenvalue weighted by molar-refractivity contribution is 5.41. The Bertz CT molecular complexity index is 288. The molecule has 0 saturated heterocycles. The molecule has 1 heterocycles. The van der Waals surface area contributed by atoms with Crippen molar-refractivity contribution in [2.24, 2.45) is 5.92 Å². The lowest BCUT2D eigenvalue weighted by Gasteiger charge is -2.12. The molecule has 0 aromatic carbocycles. The van der Waals surface area contributed by atoms with E-state index in [1.54, 1.807) is 13.3 Å². The Kier molecular flexibility index (Phi) is 5.64. The van der Waals surface area contributed by atoms with Gasteiger partial charge in [0.15, 0.2) is 0 Å². The second-order valence-electron chi connectivity index (χ2n) is 3.76. The van der Waals surface area contributed by atoms with Crippen LogP contribution in [0.5, 0.6) is 5.88 Å². The van der Waals surface area contributed by atoms with E-state index in [1.807, 2.05) is 19.1 Å². The Hall–Kier alpha value is -1.29. The molecule has 0 aliphatic carbocycles. The molecule has 4 nitrogen and oxygen atoms in total. The lowest BCUT2D eigenvalue weighted by atomic mass is 10.2. The first-order chi connectivity index (χ1) is 7.76. The van der Waals surface area contributed by atoms with E-state index in [0.29, 0.717) is 18.4 Å². The number of hydrogen-bond donors (Lipinski definition) is 1. The van der Waals surface area contributed by atoms with Crippen molar-refractivity contribution in [2.75, 3.05) is 32.2 Å². The maximum atomic E-state index is 5.27. The van der Waals surface area contributed by atoms with Gasteiger partial charge in [-0.15, -0.1) is 0 Å². The number of nitrogens with one attached hydrogen (secondary N) is 1. The number of anilines is 1. The minimum Gasteiger partial charge on any atom is -0.478 e. The molecular formula is C12H20N2O2. The molecule has 16 heavy (non-hydrogen) atoms. The van der Waals surface area contributed by atoms with Crippen LogP contribution in [-0.4, -0.2) is 31.9 Å². The first-order valence-corrected chi connectivity index (χ1v) is 5.58. The second-order valence-corrected chi connectivity index (χ2v) is 3.76. The molecule has 0 aliphatic heterocycles. The zero-order valence-corrected chi connectivity index (χ0v) is 10.2. The van der Waals surface area contributed by atoms with Gasteiger partial charge in [0.2, 0.25) is 5.88 Å². The highest BCUT2D eigenvalue weighted by Crippen LogP contribution is 2.11. The molecule has 1 aromatic rings. The van der Waals surface area contributed by atoms with E-state index in [-0.39, 0.29) is 0 Å². The summed E-state index contributed by atoms with van der Waals surface area (Å²) < 4.78 is 10.3. The van der Waals surface area contributed by atoms with Crippen LogP contribution < -0.4 is 10.1 Å². The minimum atomic E-state index is 0.483. The van der Waals surface area contributed by atoms with Crippen molar-refractivity contribution in [1.82, 2.24) is 4.98 Å². The van der Waals surface area contributed by atoms with Gasteiger partial charge in [-0.05, 0) is 18.9 Å². The zero-order chi connectivity index (χ0) is 11.8. The number of aromatic nitrogens is 1.